The van der Waals surface area contributed by atoms with E-state index >= 15 is 0 Å². The standard InChI is InChI=1S/C12H11N3OS/c13-12(17)15-14-7-9-6-5-8-3-1-2-4-10(8)11(9)16/h1-7,16H,(H3,13,15,17). The summed E-state index contributed by atoms with van der Waals surface area (Å²) in [4.78, 5) is 0. The lowest BCUT2D eigenvalue weighted by Gasteiger charge is -2.03. The highest BCUT2D eigenvalue weighted by atomic mass is 32.1. The fraction of sp³-hybridized carbons (Fsp3) is 0. The van der Waals surface area contributed by atoms with E-state index in [-0.39, 0.29) is 10.9 Å². The zero-order valence-corrected chi connectivity index (χ0v) is 9.74. The van der Waals surface area contributed by atoms with Crippen LogP contribution < -0.4 is 11.2 Å². The first-order valence-corrected chi connectivity index (χ1v) is 5.38. The van der Waals surface area contributed by atoms with Crippen molar-refractivity contribution < 1.29 is 5.11 Å². The Morgan fingerprint density at radius 1 is 1.29 bits per heavy atom. The number of aromatic hydroxyl groups is 1. The minimum atomic E-state index is 0.0847. The number of fused-ring (bicyclic) bond motifs is 1. The second-order valence-corrected chi connectivity index (χ2v) is 3.90. The normalized spacial score (nSPS) is 10.8. The zero-order chi connectivity index (χ0) is 12.3. The summed E-state index contributed by atoms with van der Waals surface area (Å²) in [5.41, 5.74) is 8.27. The highest BCUT2D eigenvalue weighted by Crippen LogP contribution is 2.27. The number of thiocarbonyl (C=S) groups is 1. The average Bonchev–Trinajstić information content (AvgIpc) is 2.32. The summed E-state index contributed by atoms with van der Waals surface area (Å²) in [6.45, 7) is 0. The Hall–Kier alpha value is -2.14. The van der Waals surface area contributed by atoms with Crippen molar-refractivity contribution >= 4 is 34.3 Å². The molecule has 0 fully saturated rings. The highest BCUT2D eigenvalue weighted by molar-refractivity contribution is 7.80. The van der Waals surface area contributed by atoms with Gasteiger partial charge in [0.25, 0.3) is 0 Å². The van der Waals surface area contributed by atoms with Gasteiger partial charge in [-0.05, 0) is 23.7 Å². The molecular weight excluding hydrogens is 234 g/mol. The van der Waals surface area contributed by atoms with Crippen molar-refractivity contribution in [3.05, 3.63) is 42.0 Å². The molecule has 0 amide bonds. The first kappa shape index (κ1) is 11.3. The van der Waals surface area contributed by atoms with E-state index in [1.54, 1.807) is 6.07 Å². The number of phenolic OH excluding ortho intramolecular Hbond substituents is 1. The molecule has 2 aromatic rings. The van der Waals surface area contributed by atoms with Gasteiger partial charge in [0.05, 0.1) is 6.21 Å². The summed E-state index contributed by atoms with van der Waals surface area (Å²) in [5.74, 6) is 0.191. The summed E-state index contributed by atoms with van der Waals surface area (Å²) in [6, 6.07) is 11.3. The molecule has 0 aliphatic carbocycles. The van der Waals surface area contributed by atoms with E-state index in [4.69, 9.17) is 5.73 Å². The Labute approximate surface area is 104 Å². The van der Waals surface area contributed by atoms with Crippen LogP contribution in [0.5, 0.6) is 5.75 Å². The van der Waals surface area contributed by atoms with Crippen LogP contribution in [0.3, 0.4) is 0 Å². The monoisotopic (exact) mass is 245 g/mol. The lowest BCUT2D eigenvalue weighted by molar-refractivity contribution is 0.481. The topological polar surface area (TPSA) is 70.6 Å². The van der Waals surface area contributed by atoms with Crippen LogP contribution in [0.15, 0.2) is 41.5 Å². The SMILES string of the molecule is NC(=S)NN=Cc1ccc2ccccc2c1O. The Morgan fingerprint density at radius 2 is 2.06 bits per heavy atom. The second kappa shape index (κ2) is 4.80. The molecule has 4 nitrogen and oxygen atoms in total. The molecule has 2 rings (SSSR count). The zero-order valence-electron chi connectivity index (χ0n) is 8.92. The summed E-state index contributed by atoms with van der Waals surface area (Å²) >= 11 is 4.61. The number of hydrogen-bond donors (Lipinski definition) is 3. The van der Waals surface area contributed by atoms with Crippen LogP contribution in [0.1, 0.15) is 5.56 Å². The molecule has 0 bridgehead atoms. The highest BCUT2D eigenvalue weighted by Gasteiger charge is 2.03. The van der Waals surface area contributed by atoms with Gasteiger partial charge in [-0.15, -0.1) is 0 Å². The van der Waals surface area contributed by atoms with Crippen molar-refractivity contribution in [3.63, 3.8) is 0 Å². The number of benzene rings is 2. The largest absolute Gasteiger partial charge is 0.507 e. The van der Waals surface area contributed by atoms with Crippen LogP contribution in [-0.2, 0) is 0 Å². The lowest BCUT2D eigenvalue weighted by atomic mass is 10.1. The number of nitrogens with two attached hydrogens (primary N) is 1. The van der Waals surface area contributed by atoms with Crippen molar-refractivity contribution in [3.8, 4) is 5.75 Å². The van der Waals surface area contributed by atoms with Gasteiger partial charge in [-0.25, -0.2) is 0 Å². The van der Waals surface area contributed by atoms with Gasteiger partial charge in [0.1, 0.15) is 5.75 Å². The van der Waals surface area contributed by atoms with Crippen LogP contribution >= 0.6 is 12.2 Å². The van der Waals surface area contributed by atoms with E-state index in [9.17, 15) is 5.11 Å². The maximum Gasteiger partial charge on any atom is 0.184 e. The summed E-state index contributed by atoms with van der Waals surface area (Å²) in [7, 11) is 0. The van der Waals surface area contributed by atoms with Gasteiger partial charge in [0, 0.05) is 10.9 Å². The molecule has 0 atom stereocenters. The van der Waals surface area contributed by atoms with Crippen molar-refractivity contribution in [2.24, 2.45) is 10.8 Å². The molecule has 0 aliphatic rings. The molecule has 0 saturated heterocycles. The number of nitrogens with zero attached hydrogens (tertiary/aromatic N) is 1. The fourth-order valence-electron chi connectivity index (χ4n) is 1.54. The Morgan fingerprint density at radius 3 is 2.82 bits per heavy atom. The van der Waals surface area contributed by atoms with Crippen molar-refractivity contribution in [1.29, 1.82) is 0 Å². The number of rotatable bonds is 2. The van der Waals surface area contributed by atoms with Crippen molar-refractivity contribution in [2.75, 3.05) is 0 Å². The van der Waals surface area contributed by atoms with Crippen molar-refractivity contribution in [2.45, 2.75) is 0 Å². The van der Waals surface area contributed by atoms with E-state index < -0.39 is 0 Å². The lowest BCUT2D eigenvalue weighted by Crippen LogP contribution is -2.23. The molecule has 0 unspecified atom stereocenters. The number of hydrogen-bond acceptors (Lipinski definition) is 3. The maximum atomic E-state index is 10.0. The molecule has 86 valence electrons. The second-order valence-electron chi connectivity index (χ2n) is 3.46. The van der Waals surface area contributed by atoms with Gasteiger partial charge < -0.3 is 10.8 Å². The smallest absolute Gasteiger partial charge is 0.184 e. The Balaban J connectivity index is 2.39. The predicted molar refractivity (Wildman–Crippen MR) is 73.1 cm³/mol. The minimum absolute atomic E-state index is 0.0847. The van der Waals surface area contributed by atoms with Crippen LogP contribution in [0.2, 0.25) is 0 Å². The molecular formula is C12H11N3OS. The molecule has 17 heavy (non-hydrogen) atoms. The average molecular weight is 245 g/mol. The molecule has 0 radical (unpaired) electrons. The molecule has 0 saturated carbocycles. The van der Waals surface area contributed by atoms with Crippen LogP contribution in [-0.4, -0.2) is 16.4 Å². The third kappa shape index (κ3) is 2.51. The van der Waals surface area contributed by atoms with Crippen LogP contribution in [0.25, 0.3) is 10.8 Å². The van der Waals surface area contributed by atoms with Crippen molar-refractivity contribution in [1.82, 2.24) is 5.43 Å². The van der Waals surface area contributed by atoms with E-state index in [1.165, 1.54) is 6.21 Å². The Bertz CT molecular complexity index is 595. The molecule has 0 spiro atoms. The fourth-order valence-corrected chi connectivity index (χ4v) is 1.59. The predicted octanol–water partition coefficient (Wildman–Crippen LogP) is 1.71. The molecule has 0 aromatic heterocycles. The van der Waals surface area contributed by atoms with E-state index in [2.05, 4.69) is 22.7 Å². The first-order valence-electron chi connectivity index (χ1n) is 4.97. The third-order valence-corrected chi connectivity index (χ3v) is 2.40. The number of phenols is 1. The van der Waals surface area contributed by atoms with E-state index in [0.29, 0.717) is 5.56 Å². The van der Waals surface area contributed by atoms with Crippen LogP contribution in [0, 0.1) is 0 Å². The summed E-state index contributed by atoms with van der Waals surface area (Å²) in [5, 5.41) is 15.7. The molecule has 4 N–H and O–H groups in total. The van der Waals surface area contributed by atoms with E-state index in [0.717, 1.165) is 10.8 Å². The van der Waals surface area contributed by atoms with Crippen LogP contribution in [0.4, 0.5) is 0 Å². The molecule has 0 heterocycles. The third-order valence-electron chi connectivity index (χ3n) is 2.31. The van der Waals surface area contributed by atoms with Gasteiger partial charge in [0.15, 0.2) is 5.11 Å². The van der Waals surface area contributed by atoms with Gasteiger partial charge in [0.2, 0.25) is 0 Å². The van der Waals surface area contributed by atoms with Gasteiger partial charge in [-0.3, -0.25) is 5.43 Å². The number of hydrazone groups is 1. The summed E-state index contributed by atoms with van der Waals surface area (Å²) < 4.78 is 0. The van der Waals surface area contributed by atoms with Gasteiger partial charge >= 0.3 is 0 Å². The number of nitrogens with one attached hydrogen (secondary N) is 1. The summed E-state index contributed by atoms with van der Waals surface area (Å²) in [6.07, 6.45) is 1.47. The molecule has 2 aromatic carbocycles. The quantitative estimate of drug-likeness (QED) is 0.428. The first-order chi connectivity index (χ1) is 8.18. The molecule has 5 heteroatoms. The minimum Gasteiger partial charge on any atom is -0.507 e. The van der Waals surface area contributed by atoms with Gasteiger partial charge in [-0.2, -0.15) is 5.10 Å². The van der Waals surface area contributed by atoms with Gasteiger partial charge in [-0.1, -0.05) is 30.3 Å². The molecule has 0 aliphatic heterocycles. The van der Waals surface area contributed by atoms with E-state index in [1.807, 2.05) is 30.3 Å². The Kier molecular flexibility index (Phi) is 3.20. The maximum absolute atomic E-state index is 10.0.